The van der Waals surface area contributed by atoms with Crippen molar-refractivity contribution in [1.29, 1.82) is 0 Å². The van der Waals surface area contributed by atoms with Crippen LogP contribution in [0.2, 0.25) is 5.02 Å². The van der Waals surface area contributed by atoms with Crippen molar-refractivity contribution in [1.82, 2.24) is 5.32 Å². The topological polar surface area (TPSA) is 21.3 Å². The third kappa shape index (κ3) is 3.82. The maximum Gasteiger partial charge on any atom is 0.141 e. The summed E-state index contributed by atoms with van der Waals surface area (Å²) in [6, 6.07) is 15.0. The van der Waals surface area contributed by atoms with Gasteiger partial charge in [-0.15, -0.1) is 0 Å². The predicted octanol–water partition coefficient (Wildman–Crippen LogP) is 4.52. The molecule has 1 aliphatic rings. The highest BCUT2D eigenvalue weighted by Gasteiger charge is 2.16. The van der Waals surface area contributed by atoms with Crippen molar-refractivity contribution >= 4 is 11.6 Å². The molecular weight excluding hydrogens is 294 g/mol. The molecule has 3 rings (SSSR count). The Morgan fingerprint density at radius 1 is 1.18 bits per heavy atom. The molecule has 0 bridgehead atoms. The highest BCUT2D eigenvalue weighted by atomic mass is 35.5. The fourth-order valence-corrected chi connectivity index (χ4v) is 3.39. The summed E-state index contributed by atoms with van der Waals surface area (Å²) in [4.78, 5) is 0. The lowest BCUT2D eigenvalue weighted by molar-refractivity contribution is 0.304. The third-order valence-corrected chi connectivity index (χ3v) is 4.44. The maximum absolute atomic E-state index is 6.44. The van der Waals surface area contributed by atoms with Crippen molar-refractivity contribution in [2.24, 2.45) is 0 Å². The van der Waals surface area contributed by atoms with E-state index in [0.29, 0.717) is 17.7 Å². The second kappa shape index (κ2) is 7.17. The van der Waals surface area contributed by atoms with Crippen LogP contribution >= 0.6 is 11.6 Å². The Morgan fingerprint density at radius 2 is 2.00 bits per heavy atom. The van der Waals surface area contributed by atoms with Crippen LogP contribution in [0.4, 0.5) is 0 Å². The zero-order valence-electron chi connectivity index (χ0n) is 12.9. The molecule has 22 heavy (non-hydrogen) atoms. The normalized spacial score (nSPS) is 17.6. The first-order chi connectivity index (χ1) is 10.7. The standard InChI is InChI=1S/C19H22ClNO/c1-14-10-16(11-17-8-5-9-21-17)12-18(20)19(14)22-13-15-6-3-2-4-7-15/h2-4,6-7,10,12,17,21H,5,8-9,11,13H2,1H3. The van der Waals surface area contributed by atoms with Crippen LogP contribution in [-0.4, -0.2) is 12.6 Å². The van der Waals surface area contributed by atoms with Gasteiger partial charge in [-0.2, -0.15) is 0 Å². The Bertz CT molecular complexity index is 598. The van der Waals surface area contributed by atoms with E-state index in [0.717, 1.165) is 29.8 Å². The van der Waals surface area contributed by atoms with Gasteiger partial charge in [-0.3, -0.25) is 0 Å². The van der Waals surface area contributed by atoms with Gasteiger partial charge in [0.25, 0.3) is 0 Å². The molecule has 1 aliphatic heterocycles. The van der Waals surface area contributed by atoms with Crippen LogP contribution in [0.5, 0.6) is 5.75 Å². The molecule has 1 saturated heterocycles. The number of hydrogen-bond acceptors (Lipinski definition) is 2. The van der Waals surface area contributed by atoms with E-state index in [4.69, 9.17) is 16.3 Å². The van der Waals surface area contributed by atoms with E-state index >= 15 is 0 Å². The summed E-state index contributed by atoms with van der Waals surface area (Å²) in [7, 11) is 0. The molecular formula is C19H22ClNO. The van der Waals surface area contributed by atoms with E-state index in [1.807, 2.05) is 18.2 Å². The van der Waals surface area contributed by atoms with Gasteiger partial charge in [-0.1, -0.05) is 48.0 Å². The number of hydrogen-bond donors (Lipinski definition) is 1. The zero-order chi connectivity index (χ0) is 15.4. The molecule has 116 valence electrons. The lowest BCUT2D eigenvalue weighted by Gasteiger charge is -2.15. The first kappa shape index (κ1) is 15.4. The van der Waals surface area contributed by atoms with Gasteiger partial charge in [0.15, 0.2) is 0 Å². The van der Waals surface area contributed by atoms with Crippen molar-refractivity contribution in [2.75, 3.05) is 6.54 Å². The molecule has 1 unspecified atom stereocenters. The minimum absolute atomic E-state index is 0.547. The van der Waals surface area contributed by atoms with Gasteiger partial charge in [0.2, 0.25) is 0 Å². The van der Waals surface area contributed by atoms with Crippen LogP contribution < -0.4 is 10.1 Å². The monoisotopic (exact) mass is 315 g/mol. The van der Waals surface area contributed by atoms with Crippen molar-refractivity contribution in [3.8, 4) is 5.75 Å². The highest BCUT2D eigenvalue weighted by molar-refractivity contribution is 6.32. The number of benzene rings is 2. The van der Waals surface area contributed by atoms with E-state index in [2.05, 4.69) is 36.5 Å². The molecule has 0 spiro atoms. The van der Waals surface area contributed by atoms with E-state index in [-0.39, 0.29) is 0 Å². The number of nitrogens with one attached hydrogen (secondary N) is 1. The quantitative estimate of drug-likeness (QED) is 0.875. The van der Waals surface area contributed by atoms with Gasteiger partial charge in [0, 0.05) is 6.04 Å². The van der Waals surface area contributed by atoms with E-state index < -0.39 is 0 Å². The number of ether oxygens (including phenoxy) is 1. The largest absolute Gasteiger partial charge is 0.487 e. The van der Waals surface area contributed by atoms with Crippen molar-refractivity contribution < 1.29 is 4.74 Å². The molecule has 2 aromatic carbocycles. The zero-order valence-corrected chi connectivity index (χ0v) is 13.7. The first-order valence-electron chi connectivity index (χ1n) is 7.91. The van der Waals surface area contributed by atoms with Crippen LogP contribution in [0.15, 0.2) is 42.5 Å². The van der Waals surface area contributed by atoms with Crippen molar-refractivity contribution in [2.45, 2.75) is 38.8 Å². The summed E-state index contributed by atoms with van der Waals surface area (Å²) < 4.78 is 5.93. The summed E-state index contributed by atoms with van der Waals surface area (Å²) in [6.45, 7) is 3.75. The van der Waals surface area contributed by atoms with Gasteiger partial charge in [-0.05, 0) is 55.5 Å². The fraction of sp³-hybridized carbons (Fsp3) is 0.368. The average molecular weight is 316 g/mol. The molecule has 1 fully saturated rings. The highest BCUT2D eigenvalue weighted by Crippen LogP contribution is 2.31. The second-order valence-corrected chi connectivity index (χ2v) is 6.40. The van der Waals surface area contributed by atoms with Gasteiger partial charge < -0.3 is 10.1 Å². The average Bonchev–Trinajstić information content (AvgIpc) is 3.00. The summed E-state index contributed by atoms with van der Waals surface area (Å²) >= 11 is 6.44. The third-order valence-electron chi connectivity index (χ3n) is 4.16. The van der Waals surface area contributed by atoms with Crippen LogP contribution in [0, 0.1) is 6.92 Å². The number of aryl methyl sites for hydroxylation is 1. The van der Waals surface area contributed by atoms with Gasteiger partial charge in [0.1, 0.15) is 12.4 Å². The summed E-state index contributed by atoms with van der Waals surface area (Å²) in [6.07, 6.45) is 3.57. The molecule has 3 heteroatoms. The van der Waals surface area contributed by atoms with E-state index in [1.54, 1.807) is 0 Å². The van der Waals surface area contributed by atoms with Gasteiger partial charge >= 0.3 is 0 Å². The predicted molar refractivity (Wildman–Crippen MR) is 91.7 cm³/mol. The Labute approximate surface area is 137 Å². The molecule has 2 aromatic rings. The molecule has 0 aliphatic carbocycles. The first-order valence-corrected chi connectivity index (χ1v) is 8.29. The Balaban J connectivity index is 1.69. The molecule has 0 amide bonds. The summed E-state index contributed by atoms with van der Waals surface area (Å²) in [5, 5.41) is 4.24. The van der Waals surface area contributed by atoms with Crippen molar-refractivity contribution in [3.63, 3.8) is 0 Å². The molecule has 0 radical (unpaired) electrons. The molecule has 1 N–H and O–H groups in total. The molecule has 1 atom stereocenters. The van der Waals surface area contributed by atoms with Crippen LogP contribution in [0.25, 0.3) is 0 Å². The van der Waals surface area contributed by atoms with E-state index in [9.17, 15) is 0 Å². The SMILES string of the molecule is Cc1cc(CC2CCCN2)cc(Cl)c1OCc1ccccc1. The minimum atomic E-state index is 0.547. The van der Waals surface area contributed by atoms with Gasteiger partial charge in [0.05, 0.1) is 5.02 Å². The van der Waals surface area contributed by atoms with E-state index in [1.165, 1.54) is 18.4 Å². The van der Waals surface area contributed by atoms with Gasteiger partial charge in [-0.25, -0.2) is 0 Å². The molecule has 0 aromatic heterocycles. The maximum atomic E-state index is 6.44. The molecule has 1 heterocycles. The van der Waals surface area contributed by atoms with Crippen LogP contribution in [-0.2, 0) is 13.0 Å². The molecule has 2 nitrogen and oxygen atoms in total. The lowest BCUT2D eigenvalue weighted by Crippen LogP contribution is -2.23. The summed E-state index contributed by atoms with van der Waals surface area (Å²) in [5.41, 5.74) is 3.54. The summed E-state index contributed by atoms with van der Waals surface area (Å²) in [5.74, 6) is 0.800. The Hall–Kier alpha value is -1.51. The Kier molecular flexibility index (Phi) is 5.01. The number of rotatable bonds is 5. The fourth-order valence-electron chi connectivity index (χ4n) is 3.05. The smallest absolute Gasteiger partial charge is 0.141 e. The Morgan fingerprint density at radius 3 is 2.68 bits per heavy atom. The van der Waals surface area contributed by atoms with Crippen molar-refractivity contribution in [3.05, 3.63) is 64.2 Å². The lowest BCUT2D eigenvalue weighted by atomic mass is 10.0. The second-order valence-electron chi connectivity index (χ2n) is 6.00. The van der Waals surface area contributed by atoms with Crippen LogP contribution in [0.1, 0.15) is 29.5 Å². The molecule has 0 saturated carbocycles. The minimum Gasteiger partial charge on any atom is -0.487 e. The van der Waals surface area contributed by atoms with Crippen LogP contribution in [0.3, 0.4) is 0 Å². The number of halogens is 1.